The quantitative estimate of drug-likeness (QED) is 0.691. The first-order valence-electron chi connectivity index (χ1n) is 8.92. The maximum atomic E-state index is 12.5. The van der Waals surface area contributed by atoms with Crippen LogP contribution in [0, 0.1) is 0 Å². The van der Waals surface area contributed by atoms with E-state index in [1.807, 2.05) is 18.7 Å². The fraction of sp³-hybridized carbons (Fsp3) is 0.588. The number of piperazine rings is 1. The summed E-state index contributed by atoms with van der Waals surface area (Å²) in [7, 11) is -1.90. The molecule has 0 radical (unpaired) electrons. The maximum Gasteiger partial charge on any atom is 0.282 e. The van der Waals surface area contributed by atoms with E-state index in [9.17, 15) is 13.2 Å². The molecule has 0 saturated carbocycles. The first-order chi connectivity index (χ1) is 12.8. The summed E-state index contributed by atoms with van der Waals surface area (Å²) in [5.74, 6) is 0.372. The maximum absolute atomic E-state index is 12.5. The highest BCUT2D eigenvalue weighted by Crippen LogP contribution is 2.27. The largest absolute Gasteiger partial charge is 0.495 e. The van der Waals surface area contributed by atoms with E-state index >= 15 is 0 Å². The van der Waals surface area contributed by atoms with Gasteiger partial charge in [0.1, 0.15) is 5.75 Å². The molecule has 0 atom stereocenters. The van der Waals surface area contributed by atoms with E-state index in [2.05, 4.69) is 5.32 Å². The lowest BCUT2D eigenvalue weighted by Crippen LogP contribution is -2.54. The Bertz CT molecular complexity index is 747. The molecule has 0 bridgehead atoms. The first-order valence-corrected chi connectivity index (χ1v) is 10.7. The summed E-state index contributed by atoms with van der Waals surface area (Å²) in [6.45, 7) is 6.52. The third-order valence-electron chi connectivity index (χ3n) is 4.49. The lowest BCUT2D eigenvalue weighted by Gasteiger charge is -2.35. The van der Waals surface area contributed by atoms with Crippen molar-refractivity contribution in [3.63, 3.8) is 0 Å². The van der Waals surface area contributed by atoms with Crippen LogP contribution in [0.5, 0.6) is 5.75 Å². The van der Waals surface area contributed by atoms with Gasteiger partial charge in [-0.25, -0.2) is 0 Å². The van der Waals surface area contributed by atoms with E-state index < -0.39 is 10.2 Å². The molecule has 1 N–H and O–H groups in total. The number of ether oxygens (including phenoxy) is 1. The summed E-state index contributed by atoms with van der Waals surface area (Å²) in [6, 6.07) is 5.04. The summed E-state index contributed by atoms with van der Waals surface area (Å²) in [6.07, 6.45) is 0. The molecule has 1 aromatic carbocycles. The lowest BCUT2D eigenvalue weighted by atomic mass is 10.3. The Morgan fingerprint density at radius 2 is 1.85 bits per heavy atom. The molecule has 1 aliphatic rings. The van der Waals surface area contributed by atoms with Gasteiger partial charge in [-0.05, 0) is 18.2 Å². The van der Waals surface area contributed by atoms with Gasteiger partial charge in [0, 0.05) is 45.0 Å². The van der Waals surface area contributed by atoms with Crippen molar-refractivity contribution in [3.8, 4) is 5.75 Å². The average molecular weight is 419 g/mol. The predicted octanol–water partition coefficient (Wildman–Crippen LogP) is 1.49. The second-order valence-electron chi connectivity index (χ2n) is 6.16. The standard InChI is InChI=1S/C17H27ClN4O4S/c1-4-21(5-2)27(24,25)22-10-8-20(9-11-22)13-17(23)19-14-6-7-16(26-3)15(18)12-14/h6-7,12H,4-5,8-11,13H2,1-3H3,(H,19,23). The van der Waals surface area contributed by atoms with Gasteiger partial charge in [-0.3, -0.25) is 9.69 Å². The number of hydrogen-bond acceptors (Lipinski definition) is 5. The Morgan fingerprint density at radius 1 is 1.22 bits per heavy atom. The van der Waals surface area contributed by atoms with Crippen molar-refractivity contribution >= 4 is 33.4 Å². The predicted molar refractivity (Wildman–Crippen MR) is 106 cm³/mol. The number of anilines is 1. The number of carbonyl (C=O) groups excluding carboxylic acids is 1. The monoisotopic (exact) mass is 418 g/mol. The second-order valence-corrected chi connectivity index (χ2v) is 8.50. The van der Waals surface area contributed by atoms with Crippen LogP contribution in [0.25, 0.3) is 0 Å². The molecule has 2 rings (SSSR count). The van der Waals surface area contributed by atoms with Gasteiger partial charge in [-0.2, -0.15) is 17.0 Å². The molecule has 1 amide bonds. The van der Waals surface area contributed by atoms with Gasteiger partial charge in [0.15, 0.2) is 0 Å². The highest BCUT2D eigenvalue weighted by Gasteiger charge is 2.31. The summed E-state index contributed by atoms with van der Waals surface area (Å²) < 4.78 is 33.1. The SMILES string of the molecule is CCN(CC)S(=O)(=O)N1CCN(CC(=O)Nc2ccc(OC)c(Cl)c2)CC1. The lowest BCUT2D eigenvalue weighted by molar-refractivity contribution is -0.117. The molecule has 0 unspecified atom stereocenters. The van der Waals surface area contributed by atoms with Gasteiger partial charge in [-0.1, -0.05) is 25.4 Å². The van der Waals surface area contributed by atoms with Gasteiger partial charge >= 0.3 is 0 Å². The number of hydrogen-bond donors (Lipinski definition) is 1. The molecule has 1 heterocycles. The fourth-order valence-corrected chi connectivity index (χ4v) is 4.84. The first kappa shape index (κ1) is 21.9. The molecule has 10 heteroatoms. The number of rotatable bonds is 8. The Morgan fingerprint density at radius 3 is 2.37 bits per heavy atom. The number of carbonyl (C=O) groups is 1. The summed E-state index contributed by atoms with van der Waals surface area (Å²) in [5.41, 5.74) is 0.591. The minimum Gasteiger partial charge on any atom is -0.495 e. The number of nitrogens with one attached hydrogen (secondary N) is 1. The van der Waals surface area contributed by atoms with Crippen molar-refractivity contribution in [2.75, 3.05) is 58.2 Å². The van der Waals surface area contributed by atoms with E-state index in [0.29, 0.717) is 55.7 Å². The van der Waals surface area contributed by atoms with Crippen molar-refractivity contribution in [3.05, 3.63) is 23.2 Å². The topological polar surface area (TPSA) is 82.2 Å². The zero-order chi connectivity index (χ0) is 20.0. The van der Waals surface area contributed by atoms with E-state index in [0.717, 1.165) is 0 Å². The number of benzene rings is 1. The normalized spacial score (nSPS) is 16.5. The molecule has 8 nitrogen and oxygen atoms in total. The molecule has 27 heavy (non-hydrogen) atoms. The Hall–Kier alpha value is -1.39. The minimum atomic E-state index is -3.42. The molecule has 0 spiro atoms. The molecule has 0 aliphatic carbocycles. The number of methoxy groups -OCH3 is 1. The van der Waals surface area contributed by atoms with Gasteiger partial charge in [-0.15, -0.1) is 0 Å². The zero-order valence-corrected chi connectivity index (χ0v) is 17.5. The third kappa shape index (κ3) is 5.55. The molecule has 0 aromatic heterocycles. The van der Waals surface area contributed by atoms with Crippen LogP contribution in [0.4, 0.5) is 5.69 Å². The smallest absolute Gasteiger partial charge is 0.282 e. The van der Waals surface area contributed by atoms with Gasteiger partial charge in [0.05, 0.1) is 18.7 Å². The average Bonchev–Trinajstić information content (AvgIpc) is 2.63. The van der Waals surface area contributed by atoms with Crippen molar-refractivity contribution in [1.82, 2.24) is 13.5 Å². The third-order valence-corrected chi connectivity index (χ3v) is 6.97. The van der Waals surface area contributed by atoms with E-state index in [1.165, 1.54) is 15.7 Å². The summed E-state index contributed by atoms with van der Waals surface area (Å²) >= 11 is 6.06. The molecular weight excluding hydrogens is 392 g/mol. The van der Waals surface area contributed by atoms with Crippen LogP contribution in [0.15, 0.2) is 18.2 Å². The van der Waals surface area contributed by atoms with Crippen molar-refractivity contribution < 1.29 is 17.9 Å². The zero-order valence-electron chi connectivity index (χ0n) is 15.9. The van der Waals surface area contributed by atoms with Crippen molar-refractivity contribution in [2.45, 2.75) is 13.8 Å². The van der Waals surface area contributed by atoms with Crippen LogP contribution >= 0.6 is 11.6 Å². The van der Waals surface area contributed by atoms with Crippen molar-refractivity contribution in [1.29, 1.82) is 0 Å². The summed E-state index contributed by atoms with van der Waals surface area (Å²) in [4.78, 5) is 14.2. The van der Waals surface area contributed by atoms with E-state index in [4.69, 9.17) is 16.3 Å². The van der Waals surface area contributed by atoms with E-state index in [-0.39, 0.29) is 12.5 Å². The molecule has 1 saturated heterocycles. The van der Waals surface area contributed by atoms with Crippen LogP contribution in [-0.4, -0.2) is 80.8 Å². The van der Waals surface area contributed by atoms with Crippen LogP contribution in [-0.2, 0) is 15.0 Å². The summed E-state index contributed by atoms with van der Waals surface area (Å²) in [5, 5.41) is 3.22. The molecule has 1 aromatic rings. The molecule has 1 aliphatic heterocycles. The Balaban J connectivity index is 1.86. The Kier molecular flexibility index (Phi) is 7.87. The number of nitrogens with zero attached hydrogens (tertiary/aromatic N) is 3. The van der Waals surface area contributed by atoms with Crippen LogP contribution < -0.4 is 10.1 Å². The van der Waals surface area contributed by atoms with E-state index in [1.54, 1.807) is 18.2 Å². The minimum absolute atomic E-state index is 0.170. The fourth-order valence-electron chi connectivity index (χ4n) is 2.98. The van der Waals surface area contributed by atoms with Gasteiger partial charge in [0.25, 0.3) is 10.2 Å². The van der Waals surface area contributed by atoms with Gasteiger partial charge < -0.3 is 10.1 Å². The molecule has 1 fully saturated rings. The molecule has 152 valence electrons. The number of halogens is 1. The Labute approximate surface area is 166 Å². The number of amides is 1. The van der Waals surface area contributed by atoms with Crippen LogP contribution in [0.1, 0.15) is 13.8 Å². The highest BCUT2D eigenvalue weighted by molar-refractivity contribution is 7.86. The second kappa shape index (κ2) is 9.70. The van der Waals surface area contributed by atoms with Crippen LogP contribution in [0.2, 0.25) is 5.02 Å². The van der Waals surface area contributed by atoms with Crippen LogP contribution in [0.3, 0.4) is 0 Å². The van der Waals surface area contributed by atoms with Gasteiger partial charge in [0.2, 0.25) is 5.91 Å². The molecular formula is C17H27ClN4O4S. The highest BCUT2D eigenvalue weighted by atomic mass is 35.5. The van der Waals surface area contributed by atoms with Crippen molar-refractivity contribution in [2.24, 2.45) is 0 Å².